The maximum Gasteiger partial charge on any atom is 0.106 e. The summed E-state index contributed by atoms with van der Waals surface area (Å²) in [6.45, 7) is 7.00. The SMILES string of the molecule is CO/N=C(/C)[C@H]1CC[C@H]2[C@@H]3C[C@H](O)C4=C/C(=N/OC)CC[C@]4(C)[C@H]3CC[C@]12C. The van der Waals surface area contributed by atoms with Crippen LogP contribution in [0.5, 0.6) is 0 Å². The predicted molar refractivity (Wildman–Crippen MR) is 111 cm³/mol. The first-order valence-electron chi connectivity index (χ1n) is 10.9. The molecular weight excluding hydrogens is 352 g/mol. The topological polar surface area (TPSA) is 63.4 Å². The molecule has 0 heterocycles. The van der Waals surface area contributed by atoms with Crippen molar-refractivity contribution in [2.75, 3.05) is 14.2 Å². The quantitative estimate of drug-likeness (QED) is 0.569. The van der Waals surface area contributed by atoms with Crippen LogP contribution in [0.3, 0.4) is 0 Å². The van der Waals surface area contributed by atoms with Gasteiger partial charge in [-0.3, -0.25) is 0 Å². The minimum absolute atomic E-state index is 0.0875. The van der Waals surface area contributed by atoms with Crippen LogP contribution in [0.25, 0.3) is 0 Å². The minimum Gasteiger partial charge on any atom is -0.399 e. The van der Waals surface area contributed by atoms with Crippen molar-refractivity contribution in [2.45, 2.75) is 71.8 Å². The Labute approximate surface area is 169 Å². The highest BCUT2D eigenvalue weighted by molar-refractivity contribution is 5.96. The highest BCUT2D eigenvalue weighted by Gasteiger charge is 2.60. The molecule has 4 aliphatic carbocycles. The lowest BCUT2D eigenvalue weighted by Crippen LogP contribution is -2.54. The molecule has 0 unspecified atom stereocenters. The Hall–Kier alpha value is -1.36. The molecule has 0 aromatic heterocycles. The van der Waals surface area contributed by atoms with Crippen LogP contribution in [0.1, 0.15) is 65.7 Å². The van der Waals surface area contributed by atoms with Crippen molar-refractivity contribution in [3.63, 3.8) is 0 Å². The molecule has 1 N–H and O–H groups in total. The van der Waals surface area contributed by atoms with Crippen LogP contribution in [0.2, 0.25) is 0 Å². The molecule has 3 saturated carbocycles. The number of aliphatic hydroxyl groups excluding tert-OH is 1. The molecular formula is C23H36N2O3. The zero-order chi connectivity index (χ0) is 20.1. The van der Waals surface area contributed by atoms with Crippen molar-refractivity contribution < 1.29 is 14.8 Å². The van der Waals surface area contributed by atoms with Gasteiger partial charge in [0.2, 0.25) is 0 Å². The largest absolute Gasteiger partial charge is 0.399 e. The molecule has 7 atom stereocenters. The van der Waals surface area contributed by atoms with E-state index in [1.54, 1.807) is 14.2 Å². The van der Waals surface area contributed by atoms with E-state index in [0.29, 0.717) is 23.7 Å². The number of fused-ring (bicyclic) bond motifs is 5. The fourth-order valence-electron chi connectivity index (χ4n) is 7.70. The molecule has 3 fully saturated rings. The van der Waals surface area contributed by atoms with E-state index in [9.17, 15) is 5.11 Å². The lowest BCUT2D eigenvalue weighted by atomic mass is 9.46. The molecule has 0 spiro atoms. The van der Waals surface area contributed by atoms with Crippen molar-refractivity contribution in [3.8, 4) is 0 Å². The number of nitrogens with zero attached hydrogens (tertiary/aromatic N) is 2. The van der Waals surface area contributed by atoms with E-state index in [4.69, 9.17) is 9.68 Å². The van der Waals surface area contributed by atoms with Crippen LogP contribution in [-0.2, 0) is 9.68 Å². The van der Waals surface area contributed by atoms with Gasteiger partial charge in [-0.25, -0.2) is 0 Å². The first-order chi connectivity index (χ1) is 13.3. The molecule has 4 rings (SSSR count). The lowest BCUT2D eigenvalue weighted by Gasteiger charge is -2.59. The highest BCUT2D eigenvalue weighted by Crippen LogP contribution is 2.66. The molecule has 0 radical (unpaired) electrons. The summed E-state index contributed by atoms with van der Waals surface area (Å²) >= 11 is 0. The van der Waals surface area contributed by atoms with Crippen molar-refractivity contribution in [1.29, 1.82) is 0 Å². The molecule has 28 heavy (non-hydrogen) atoms. The fraction of sp³-hybridized carbons (Fsp3) is 0.826. The first kappa shape index (κ1) is 19.9. The van der Waals surface area contributed by atoms with Crippen molar-refractivity contribution >= 4 is 11.4 Å². The summed E-state index contributed by atoms with van der Waals surface area (Å²) in [6.07, 6.45) is 9.60. The van der Waals surface area contributed by atoms with E-state index in [1.165, 1.54) is 31.3 Å². The molecule has 0 aromatic carbocycles. The molecule has 156 valence electrons. The first-order valence-corrected chi connectivity index (χ1v) is 10.9. The van der Waals surface area contributed by atoms with E-state index < -0.39 is 0 Å². The summed E-state index contributed by atoms with van der Waals surface area (Å²) in [5, 5.41) is 19.6. The average molecular weight is 389 g/mol. The van der Waals surface area contributed by atoms with Crippen molar-refractivity contribution in [3.05, 3.63) is 11.6 Å². The van der Waals surface area contributed by atoms with Crippen molar-refractivity contribution in [2.24, 2.45) is 44.8 Å². The van der Waals surface area contributed by atoms with E-state index in [2.05, 4.69) is 37.2 Å². The van der Waals surface area contributed by atoms with Gasteiger partial charge in [0, 0.05) is 5.92 Å². The number of hydrogen-bond acceptors (Lipinski definition) is 5. The van der Waals surface area contributed by atoms with E-state index in [0.717, 1.165) is 30.7 Å². The van der Waals surface area contributed by atoms with E-state index >= 15 is 0 Å². The normalized spacial score (nSPS) is 47.1. The molecule has 0 saturated heterocycles. The van der Waals surface area contributed by atoms with Gasteiger partial charge in [0.1, 0.15) is 14.2 Å². The number of allylic oxidation sites excluding steroid dienone is 1. The Bertz CT molecular complexity index is 715. The van der Waals surface area contributed by atoms with Gasteiger partial charge in [0.25, 0.3) is 0 Å². The number of hydrogen-bond donors (Lipinski definition) is 1. The Kier molecular flexibility index (Phi) is 5.09. The summed E-state index contributed by atoms with van der Waals surface area (Å²) < 4.78 is 0. The van der Waals surface area contributed by atoms with Gasteiger partial charge in [0.05, 0.1) is 17.5 Å². The van der Waals surface area contributed by atoms with Gasteiger partial charge in [0.15, 0.2) is 0 Å². The molecule has 5 nitrogen and oxygen atoms in total. The maximum absolute atomic E-state index is 11.1. The van der Waals surface area contributed by atoms with Gasteiger partial charge in [-0.2, -0.15) is 0 Å². The Morgan fingerprint density at radius 3 is 2.61 bits per heavy atom. The minimum atomic E-state index is -0.358. The van der Waals surface area contributed by atoms with Crippen LogP contribution < -0.4 is 0 Å². The van der Waals surface area contributed by atoms with Crippen LogP contribution in [0, 0.1) is 34.5 Å². The smallest absolute Gasteiger partial charge is 0.106 e. The molecule has 4 aliphatic rings. The van der Waals surface area contributed by atoms with Crippen LogP contribution in [0.15, 0.2) is 22.0 Å². The summed E-state index contributed by atoms with van der Waals surface area (Å²) in [5.74, 6) is 2.42. The third-order valence-electron chi connectivity index (χ3n) is 8.94. The second-order valence-corrected chi connectivity index (χ2v) is 10.0. The summed E-state index contributed by atoms with van der Waals surface area (Å²) in [7, 11) is 3.24. The predicted octanol–water partition coefficient (Wildman–Crippen LogP) is 4.56. The number of aliphatic hydroxyl groups is 1. The second-order valence-electron chi connectivity index (χ2n) is 10.0. The molecule has 0 aromatic rings. The van der Waals surface area contributed by atoms with Gasteiger partial charge in [-0.15, -0.1) is 0 Å². The van der Waals surface area contributed by atoms with Crippen LogP contribution >= 0.6 is 0 Å². The average Bonchev–Trinajstić information content (AvgIpc) is 3.01. The van der Waals surface area contributed by atoms with Gasteiger partial charge < -0.3 is 14.8 Å². The summed E-state index contributed by atoms with van der Waals surface area (Å²) in [4.78, 5) is 10.1. The number of rotatable bonds is 3. The Morgan fingerprint density at radius 2 is 1.89 bits per heavy atom. The van der Waals surface area contributed by atoms with E-state index in [-0.39, 0.29) is 16.9 Å². The molecule has 0 bridgehead atoms. The Morgan fingerprint density at radius 1 is 1.11 bits per heavy atom. The second kappa shape index (κ2) is 7.16. The Balaban J connectivity index is 1.65. The standard InChI is InChI=1S/C23H36N2O3/c1-14(24-27-4)17-6-7-18-16-13-21(26)20-12-15(25-28-5)8-10-23(20,3)19(16)9-11-22(17,18)2/h12,16-19,21,26H,6-11,13H2,1-5H3/b24-14-,25-15+/t16-,17+,18-,19-,21-,22+,23+/m0/s1. The van der Waals surface area contributed by atoms with Gasteiger partial charge in [-0.05, 0) is 92.1 Å². The fourth-order valence-corrected chi connectivity index (χ4v) is 7.70. The van der Waals surface area contributed by atoms with Crippen molar-refractivity contribution in [1.82, 2.24) is 0 Å². The van der Waals surface area contributed by atoms with Gasteiger partial charge >= 0.3 is 0 Å². The van der Waals surface area contributed by atoms with Crippen LogP contribution in [-0.4, -0.2) is 36.9 Å². The molecule has 5 heteroatoms. The third kappa shape index (κ3) is 2.84. The zero-order valence-corrected chi connectivity index (χ0v) is 18.1. The maximum atomic E-state index is 11.1. The highest BCUT2D eigenvalue weighted by atomic mass is 16.6. The molecule has 0 aliphatic heterocycles. The summed E-state index contributed by atoms with van der Waals surface area (Å²) in [6, 6.07) is 0. The zero-order valence-electron chi connectivity index (χ0n) is 18.1. The summed E-state index contributed by atoms with van der Waals surface area (Å²) in [5.41, 5.74) is 3.69. The lowest BCUT2D eigenvalue weighted by molar-refractivity contribution is -0.0705. The van der Waals surface area contributed by atoms with E-state index in [1.807, 2.05) is 0 Å². The van der Waals surface area contributed by atoms with Gasteiger partial charge in [-0.1, -0.05) is 24.2 Å². The van der Waals surface area contributed by atoms with Crippen LogP contribution in [0.4, 0.5) is 0 Å². The number of oxime groups is 2. The monoisotopic (exact) mass is 388 g/mol. The molecule has 0 amide bonds. The third-order valence-corrected chi connectivity index (χ3v) is 8.94.